The molecule has 1 aliphatic heterocycles. The number of rotatable bonds is 2. The monoisotopic (exact) mass is 281 g/mol. The molecule has 3 N–H and O–H groups in total. The largest absolute Gasteiger partial charge is 0.486 e. The van der Waals surface area contributed by atoms with E-state index in [4.69, 9.17) is 15.2 Å². The van der Waals surface area contributed by atoms with Crippen molar-refractivity contribution < 1.29 is 9.47 Å². The third kappa shape index (κ3) is 2.27. The minimum Gasteiger partial charge on any atom is -0.486 e. The molecule has 0 bridgehead atoms. The van der Waals surface area contributed by atoms with Crippen LogP contribution in [0.2, 0.25) is 0 Å². The number of anilines is 1. The lowest BCUT2D eigenvalue weighted by atomic mass is 10.1. The summed E-state index contributed by atoms with van der Waals surface area (Å²) in [6.45, 7) is 1.17. The van der Waals surface area contributed by atoms with E-state index in [2.05, 4.69) is 9.97 Å². The molecule has 2 heterocycles. The average molecular weight is 281 g/mol. The molecule has 2 aromatic carbocycles. The van der Waals surface area contributed by atoms with Crippen LogP contribution >= 0.6 is 0 Å². The Morgan fingerprint density at radius 3 is 2.52 bits per heavy atom. The van der Waals surface area contributed by atoms with E-state index in [1.165, 1.54) is 5.56 Å². The van der Waals surface area contributed by atoms with Crippen LogP contribution in [0, 0.1) is 0 Å². The Hall–Kier alpha value is -2.69. The van der Waals surface area contributed by atoms with Crippen LogP contribution in [-0.4, -0.2) is 23.2 Å². The zero-order chi connectivity index (χ0) is 14.2. The molecule has 21 heavy (non-hydrogen) atoms. The van der Waals surface area contributed by atoms with E-state index in [1.54, 1.807) is 0 Å². The van der Waals surface area contributed by atoms with Gasteiger partial charge in [0.05, 0.1) is 11.0 Å². The molecule has 1 aromatic heterocycles. The van der Waals surface area contributed by atoms with Crippen LogP contribution < -0.4 is 15.2 Å². The number of nitrogen functional groups attached to an aromatic ring is 1. The van der Waals surface area contributed by atoms with E-state index in [-0.39, 0.29) is 0 Å². The molecular formula is C16H15N3O2. The van der Waals surface area contributed by atoms with E-state index in [1.807, 2.05) is 36.4 Å². The van der Waals surface area contributed by atoms with E-state index < -0.39 is 0 Å². The zero-order valence-electron chi connectivity index (χ0n) is 11.4. The minimum atomic E-state index is 0.585. The highest BCUT2D eigenvalue weighted by molar-refractivity contribution is 5.80. The third-order valence-electron chi connectivity index (χ3n) is 3.55. The second-order valence-corrected chi connectivity index (χ2v) is 5.11. The number of aromatic nitrogens is 2. The third-order valence-corrected chi connectivity index (χ3v) is 3.55. The minimum absolute atomic E-state index is 0.585. The van der Waals surface area contributed by atoms with Gasteiger partial charge in [0.2, 0.25) is 0 Å². The van der Waals surface area contributed by atoms with Crippen molar-refractivity contribution in [2.45, 2.75) is 6.42 Å². The van der Waals surface area contributed by atoms with Gasteiger partial charge in [0.25, 0.3) is 0 Å². The van der Waals surface area contributed by atoms with Crippen LogP contribution in [0.1, 0.15) is 11.4 Å². The van der Waals surface area contributed by atoms with E-state index in [0.29, 0.717) is 13.2 Å². The number of hydrogen-bond acceptors (Lipinski definition) is 4. The number of H-pyrrole nitrogens is 1. The Balaban J connectivity index is 1.68. The smallest absolute Gasteiger partial charge is 0.163 e. The molecule has 0 amide bonds. The van der Waals surface area contributed by atoms with Crippen molar-refractivity contribution in [3.05, 3.63) is 47.8 Å². The highest BCUT2D eigenvalue weighted by atomic mass is 16.6. The predicted octanol–water partition coefficient (Wildman–Crippen LogP) is 2.51. The molecule has 0 aliphatic carbocycles. The maximum absolute atomic E-state index is 5.70. The van der Waals surface area contributed by atoms with E-state index >= 15 is 0 Å². The van der Waals surface area contributed by atoms with Crippen molar-refractivity contribution in [1.82, 2.24) is 9.97 Å². The van der Waals surface area contributed by atoms with Crippen molar-refractivity contribution in [1.29, 1.82) is 0 Å². The Bertz CT molecular complexity index is 750. The van der Waals surface area contributed by atoms with Crippen molar-refractivity contribution in [3.63, 3.8) is 0 Å². The van der Waals surface area contributed by atoms with Gasteiger partial charge in [-0.3, -0.25) is 0 Å². The normalized spacial score (nSPS) is 13.5. The van der Waals surface area contributed by atoms with Crippen LogP contribution in [0.15, 0.2) is 36.4 Å². The van der Waals surface area contributed by atoms with Gasteiger partial charge >= 0.3 is 0 Å². The number of nitrogens with two attached hydrogens (primary N) is 1. The summed E-state index contributed by atoms with van der Waals surface area (Å²) in [5, 5.41) is 0. The van der Waals surface area contributed by atoms with Crippen LogP contribution in [0.3, 0.4) is 0 Å². The Morgan fingerprint density at radius 1 is 1.05 bits per heavy atom. The van der Waals surface area contributed by atoms with Crippen LogP contribution in [0.4, 0.5) is 5.69 Å². The summed E-state index contributed by atoms with van der Waals surface area (Å²) >= 11 is 0. The summed E-state index contributed by atoms with van der Waals surface area (Å²) < 4.78 is 11.2. The molecular weight excluding hydrogens is 266 g/mol. The number of nitrogens with zero attached hydrogens (tertiary/aromatic N) is 1. The summed E-state index contributed by atoms with van der Waals surface area (Å²) in [5.74, 6) is 2.45. The predicted molar refractivity (Wildman–Crippen MR) is 80.7 cm³/mol. The first-order chi connectivity index (χ1) is 10.3. The first-order valence-corrected chi connectivity index (χ1v) is 6.90. The Kier molecular flexibility index (Phi) is 2.70. The number of aromatic amines is 1. The summed E-state index contributed by atoms with van der Waals surface area (Å²) in [4.78, 5) is 7.95. The molecule has 0 spiro atoms. The van der Waals surface area contributed by atoms with Gasteiger partial charge in [0.15, 0.2) is 11.5 Å². The van der Waals surface area contributed by atoms with Crippen LogP contribution in [-0.2, 0) is 6.42 Å². The first-order valence-electron chi connectivity index (χ1n) is 6.90. The number of imidazole rings is 1. The zero-order valence-corrected chi connectivity index (χ0v) is 11.4. The average Bonchev–Trinajstić information content (AvgIpc) is 2.88. The standard InChI is InChI=1S/C16H15N3O2/c17-11-3-1-10(2-4-11)7-16-18-12-8-14-15(9-13(12)19-16)21-6-5-20-14/h1-4,8-9H,5-7,17H2,(H,18,19). The van der Waals surface area contributed by atoms with Gasteiger partial charge in [-0.05, 0) is 17.7 Å². The first kappa shape index (κ1) is 12.1. The van der Waals surface area contributed by atoms with Gasteiger partial charge in [-0.25, -0.2) is 4.98 Å². The lowest BCUT2D eigenvalue weighted by molar-refractivity contribution is 0.172. The summed E-state index contributed by atoms with van der Waals surface area (Å²) in [7, 11) is 0. The van der Waals surface area contributed by atoms with Crippen molar-refractivity contribution in [2.75, 3.05) is 18.9 Å². The van der Waals surface area contributed by atoms with Crippen LogP contribution in [0.25, 0.3) is 11.0 Å². The quantitative estimate of drug-likeness (QED) is 0.708. The molecule has 4 rings (SSSR count). The Labute approximate surface area is 121 Å². The summed E-state index contributed by atoms with van der Waals surface area (Å²) in [5.41, 5.74) is 9.49. The second kappa shape index (κ2) is 4.70. The SMILES string of the molecule is Nc1ccc(Cc2nc3cc4c(cc3[nH]2)OCCO4)cc1. The lowest BCUT2D eigenvalue weighted by Crippen LogP contribution is -2.15. The number of fused-ring (bicyclic) bond motifs is 2. The molecule has 0 radical (unpaired) electrons. The fraction of sp³-hybridized carbons (Fsp3) is 0.188. The molecule has 0 fully saturated rings. The fourth-order valence-electron chi connectivity index (χ4n) is 2.51. The highest BCUT2D eigenvalue weighted by Crippen LogP contribution is 2.33. The van der Waals surface area contributed by atoms with Crippen molar-refractivity contribution in [2.24, 2.45) is 0 Å². The van der Waals surface area contributed by atoms with E-state index in [9.17, 15) is 0 Å². The van der Waals surface area contributed by atoms with Crippen molar-refractivity contribution in [3.8, 4) is 11.5 Å². The maximum atomic E-state index is 5.70. The lowest BCUT2D eigenvalue weighted by Gasteiger charge is -2.17. The van der Waals surface area contributed by atoms with Gasteiger partial charge in [0.1, 0.15) is 19.0 Å². The fourth-order valence-corrected chi connectivity index (χ4v) is 2.51. The second-order valence-electron chi connectivity index (χ2n) is 5.11. The van der Waals surface area contributed by atoms with Gasteiger partial charge in [-0.15, -0.1) is 0 Å². The van der Waals surface area contributed by atoms with Gasteiger partial charge in [0, 0.05) is 24.2 Å². The number of hydrogen-bond donors (Lipinski definition) is 2. The molecule has 3 aromatic rings. The number of benzene rings is 2. The molecule has 5 nitrogen and oxygen atoms in total. The molecule has 106 valence electrons. The number of nitrogens with one attached hydrogen (secondary N) is 1. The van der Waals surface area contributed by atoms with Crippen molar-refractivity contribution >= 4 is 16.7 Å². The number of ether oxygens (including phenoxy) is 2. The summed E-state index contributed by atoms with van der Waals surface area (Å²) in [6, 6.07) is 11.7. The topological polar surface area (TPSA) is 73.2 Å². The molecule has 0 saturated carbocycles. The maximum Gasteiger partial charge on any atom is 0.163 e. The van der Waals surface area contributed by atoms with Gasteiger partial charge < -0.3 is 20.2 Å². The summed E-state index contributed by atoms with van der Waals surface area (Å²) in [6.07, 6.45) is 0.737. The molecule has 1 aliphatic rings. The van der Waals surface area contributed by atoms with E-state index in [0.717, 1.165) is 40.5 Å². The molecule has 0 saturated heterocycles. The molecule has 5 heteroatoms. The molecule has 0 atom stereocenters. The Morgan fingerprint density at radius 2 is 1.76 bits per heavy atom. The van der Waals surface area contributed by atoms with Crippen LogP contribution in [0.5, 0.6) is 11.5 Å². The van der Waals surface area contributed by atoms with Gasteiger partial charge in [-0.1, -0.05) is 12.1 Å². The highest BCUT2D eigenvalue weighted by Gasteiger charge is 2.14. The van der Waals surface area contributed by atoms with Gasteiger partial charge in [-0.2, -0.15) is 0 Å². The molecule has 0 unspecified atom stereocenters.